The molecule has 1 aromatic heterocycles. The summed E-state index contributed by atoms with van der Waals surface area (Å²) in [4.78, 5) is 41.6. The summed E-state index contributed by atoms with van der Waals surface area (Å²) in [6, 6.07) is 0.0571. The summed E-state index contributed by atoms with van der Waals surface area (Å²) in [6.07, 6.45) is 7.69. The molecule has 0 radical (unpaired) electrons. The largest absolute Gasteiger partial charge is 0.342 e. The van der Waals surface area contributed by atoms with E-state index >= 15 is 0 Å². The Labute approximate surface area is 186 Å². The average molecular weight is 428 g/mol. The van der Waals surface area contributed by atoms with Crippen LogP contribution in [0.3, 0.4) is 0 Å². The molecule has 3 aliphatic heterocycles. The van der Waals surface area contributed by atoms with Gasteiger partial charge in [0.05, 0.1) is 12.6 Å². The normalized spacial score (nSPS) is 22.3. The zero-order valence-corrected chi connectivity index (χ0v) is 19.4. The van der Waals surface area contributed by atoms with Gasteiger partial charge in [-0.2, -0.15) is 0 Å². The summed E-state index contributed by atoms with van der Waals surface area (Å²) in [7, 11) is 0. The van der Waals surface area contributed by atoms with Crippen LogP contribution in [0.15, 0.2) is 0 Å². The van der Waals surface area contributed by atoms with Gasteiger partial charge in [-0.25, -0.2) is 9.97 Å². The predicted molar refractivity (Wildman–Crippen MR) is 121 cm³/mol. The van der Waals surface area contributed by atoms with Crippen molar-refractivity contribution in [2.45, 2.75) is 78.2 Å². The monoisotopic (exact) mass is 427 g/mol. The first-order chi connectivity index (χ1) is 14.9. The average Bonchev–Trinajstić information content (AvgIpc) is 3.21. The highest BCUT2D eigenvalue weighted by Crippen LogP contribution is 2.34. The first-order valence-corrected chi connectivity index (χ1v) is 12.1. The number of nitrogens with zero attached hydrogens (tertiary/aromatic N) is 5. The van der Waals surface area contributed by atoms with Crippen LogP contribution in [0.4, 0.5) is 5.82 Å². The lowest BCUT2D eigenvalue weighted by Gasteiger charge is -2.32. The summed E-state index contributed by atoms with van der Waals surface area (Å²) in [5.74, 6) is 2.53. The van der Waals surface area contributed by atoms with Crippen LogP contribution in [0.25, 0.3) is 0 Å². The molecule has 0 unspecified atom stereocenters. The number of fused-ring (bicyclic) bond motifs is 1. The lowest BCUT2D eigenvalue weighted by molar-refractivity contribution is -0.133. The zero-order valence-electron chi connectivity index (χ0n) is 19.4. The number of anilines is 1. The molecule has 0 N–H and O–H groups in total. The van der Waals surface area contributed by atoms with Crippen LogP contribution in [-0.2, 0) is 16.0 Å². The Balaban J connectivity index is 1.55. The van der Waals surface area contributed by atoms with E-state index in [1.807, 2.05) is 16.7 Å². The Bertz CT molecular complexity index is 818. The SMILES string of the molecule is Cc1nc([C@H]2CCCN2CC(=O)N2CCCCC2)nc2c1CCC(=O)N2CCC(C)C. The summed E-state index contributed by atoms with van der Waals surface area (Å²) in [5.41, 5.74) is 2.09. The quantitative estimate of drug-likeness (QED) is 0.697. The van der Waals surface area contributed by atoms with Gasteiger partial charge in [-0.05, 0) is 64.3 Å². The van der Waals surface area contributed by atoms with E-state index in [-0.39, 0.29) is 17.9 Å². The number of carbonyl (C=O) groups is 2. The topological polar surface area (TPSA) is 69.6 Å². The second kappa shape index (κ2) is 9.63. The molecular weight excluding hydrogens is 390 g/mol. The number of aromatic nitrogens is 2. The van der Waals surface area contributed by atoms with E-state index in [0.29, 0.717) is 25.4 Å². The standard InChI is InChI=1S/C24H37N5O2/c1-17(2)11-15-29-21(30)10-9-19-18(3)25-23(26-24(19)29)20-8-7-14-28(20)16-22(31)27-12-5-4-6-13-27/h17,20H,4-16H2,1-3H3/t20-/m1/s1. The first kappa shape index (κ1) is 22.2. The summed E-state index contributed by atoms with van der Waals surface area (Å²) in [5, 5.41) is 0. The maximum absolute atomic E-state index is 12.9. The van der Waals surface area contributed by atoms with E-state index < -0.39 is 0 Å². The fraction of sp³-hybridized carbons (Fsp3) is 0.750. The van der Waals surface area contributed by atoms with Gasteiger partial charge in [0.25, 0.3) is 0 Å². The molecule has 0 saturated carbocycles. The second-order valence-electron chi connectivity index (χ2n) is 9.77. The molecule has 3 aliphatic rings. The third-order valence-corrected chi connectivity index (χ3v) is 6.99. The molecule has 31 heavy (non-hydrogen) atoms. The minimum atomic E-state index is 0.0571. The highest BCUT2D eigenvalue weighted by Gasteiger charge is 2.34. The minimum Gasteiger partial charge on any atom is -0.342 e. The molecule has 0 aliphatic carbocycles. The van der Waals surface area contributed by atoms with Gasteiger partial charge in [0.15, 0.2) is 0 Å². The number of piperidine rings is 1. The lowest BCUT2D eigenvalue weighted by Crippen LogP contribution is -2.43. The number of hydrogen-bond acceptors (Lipinski definition) is 5. The van der Waals surface area contributed by atoms with Crippen molar-refractivity contribution < 1.29 is 9.59 Å². The van der Waals surface area contributed by atoms with E-state index in [2.05, 4.69) is 18.7 Å². The smallest absolute Gasteiger partial charge is 0.236 e. The van der Waals surface area contributed by atoms with E-state index in [0.717, 1.165) is 81.1 Å². The number of carbonyl (C=O) groups excluding carboxylic acids is 2. The van der Waals surface area contributed by atoms with Crippen molar-refractivity contribution in [2.75, 3.05) is 37.6 Å². The molecule has 2 saturated heterocycles. The molecule has 0 aromatic carbocycles. The molecule has 2 fully saturated rings. The van der Waals surface area contributed by atoms with Gasteiger partial charge < -0.3 is 4.90 Å². The van der Waals surface area contributed by atoms with E-state index in [1.165, 1.54) is 6.42 Å². The fourth-order valence-electron chi connectivity index (χ4n) is 5.09. The van der Waals surface area contributed by atoms with Crippen LogP contribution in [-0.4, -0.2) is 64.3 Å². The van der Waals surface area contributed by atoms with Gasteiger partial charge >= 0.3 is 0 Å². The van der Waals surface area contributed by atoms with Crippen LogP contribution in [0.2, 0.25) is 0 Å². The van der Waals surface area contributed by atoms with Crippen LogP contribution >= 0.6 is 0 Å². The molecule has 7 nitrogen and oxygen atoms in total. The summed E-state index contributed by atoms with van der Waals surface area (Å²) >= 11 is 0. The molecule has 7 heteroatoms. The number of aryl methyl sites for hydroxylation is 1. The Morgan fingerprint density at radius 2 is 1.84 bits per heavy atom. The molecule has 0 spiro atoms. The number of amides is 2. The second-order valence-corrected chi connectivity index (χ2v) is 9.77. The molecule has 1 atom stereocenters. The molecule has 2 amide bonds. The predicted octanol–water partition coefficient (Wildman–Crippen LogP) is 3.26. The van der Waals surface area contributed by atoms with Gasteiger partial charge in [0.1, 0.15) is 11.6 Å². The van der Waals surface area contributed by atoms with Gasteiger partial charge in [-0.15, -0.1) is 0 Å². The molecule has 170 valence electrons. The Kier molecular flexibility index (Phi) is 6.89. The molecule has 4 heterocycles. The number of hydrogen-bond donors (Lipinski definition) is 0. The van der Waals surface area contributed by atoms with E-state index in [1.54, 1.807) is 0 Å². The number of likely N-dealkylation sites (tertiary alicyclic amines) is 2. The van der Waals surface area contributed by atoms with Crippen LogP contribution in [0, 0.1) is 12.8 Å². The van der Waals surface area contributed by atoms with E-state index in [4.69, 9.17) is 9.97 Å². The first-order valence-electron chi connectivity index (χ1n) is 12.1. The highest BCUT2D eigenvalue weighted by molar-refractivity contribution is 5.95. The van der Waals surface area contributed by atoms with Crippen molar-refractivity contribution in [3.63, 3.8) is 0 Å². The minimum absolute atomic E-state index is 0.0571. The van der Waals surface area contributed by atoms with Gasteiger partial charge in [-0.1, -0.05) is 13.8 Å². The van der Waals surface area contributed by atoms with Gasteiger partial charge in [-0.3, -0.25) is 19.4 Å². The maximum Gasteiger partial charge on any atom is 0.236 e. The van der Waals surface area contributed by atoms with Crippen LogP contribution < -0.4 is 4.90 Å². The zero-order chi connectivity index (χ0) is 22.0. The summed E-state index contributed by atoms with van der Waals surface area (Å²) < 4.78 is 0. The van der Waals surface area contributed by atoms with E-state index in [9.17, 15) is 9.59 Å². The van der Waals surface area contributed by atoms with Crippen molar-refractivity contribution in [2.24, 2.45) is 5.92 Å². The molecule has 1 aromatic rings. The fourth-order valence-corrected chi connectivity index (χ4v) is 5.09. The van der Waals surface area contributed by atoms with Crippen molar-refractivity contribution in [3.8, 4) is 0 Å². The van der Waals surface area contributed by atoms with Crippen molar-refractivity contribution in [3.05, 3.63) is 17.1 Å². The van der Waals surface area contributed by atoms with Crippen LogP contribution in [0.1, 0.15) is 81.9 Å². The van der Waals surface area contributed by atoms with Gasteiger partial charge in [0.2, 0.25) is 11.8 Å². The summed E-state index contributed by atoms with van der Waals surface area (Å²) in [6.45, 7) is 10.2. The Morgan fingerprint density at radius 1 is 1.06 bits per heavy atom. The number of rotatable bonds is 6. The maximum atomic E-state index is 12.9. The van der Waals surface area contributed by atoms with Crippen molar-refractivity contribution in [1.82, 2.24) is 19.8 Å². The third kappa shape index (κ3) is 4.92. The third-order valence-electron chi connectivity index (χ3n) is 6.99. The lowest BCUT2D eigenvalue weighted by atomic mass is 10.0. The van der Waals surface area contributed by atoms with Crippen LogP contribution in [0.5, 0.6) is 0 Å². The Hall–Kier alpha value is -2.02. The molecule has 4 rings (SSSR count). The molecule has 0 bridgehead atoms. The highest BCUT2D eigenvalue weighted by atomic mass is 16.2. The Morgan fingerprint density at radius 3 is 2.58 bits per heavy atom. The van der Waals surface area contributed by atoms with Gasteiger partial charge in [0, 0.05) is 37.3 Å². The van der Waals surface area contributed by atoms with Crippen molar-refractivity contribution in [1.29, 1.82) is 0 Å². The molecular formula is C24H37N5O2. The van der Waals surface area contributed by atoms with Crippen molar-refractivity contribution >= 4 is 17.6 Å².